The van der Waals surface area contributed by atoms with Crippen molar-refractivity contribution in [3.05, 3.63) is 89.5 Å². The van der Waals surface area contributed by atoms with Gasteiger partial charge in [-0.15, -0.1) is 0 Å². The van der Waals surface area contributed by atoms with Gasteiger partial charge in [-0.25, -0.2) is 4.39 Å². The smallest absolute Gasteiger partial charge is 0.127 e. The summed E-state index contributed by atoms with van der Waals surface area (Å²) in [7, 11) is 0. The van der Waals surface area contributed by atoms with Crippen molar-refractivity contribution in [2.24, 2.45) is 0 Å². The summed E-state index contributed by atoms with van der Waals surface area (Å²) in [5.74, 6) is 0.0936. The Bertz CT molecular complexity index is 1250. The molecule has 1 atom stereocenters. The van der Waals surface area contributed by atoms with Crippen molar-refractivity contribution in [2.75, 3.05) is 0 Å². The van der Waals surface area contributed by atoms with Crippen molar-refractivity contribution in [2.45, 2.75) is 51.1 Å². The molecule has 0 bridgehead atoms. The zero-order valence-electron chi connectivity index (χ0n) is 18.1. The molecule has 4 heteroatoms. The minimum atomic E-state index is -0.199. The number of nitriles is 1. The van der Waals surface area contributed by atoms with Crippen molar-refractivity contribution in [1.82, 2.24) is 9.47 Å². The molecule has 0 spiro atoms. The van der Waals surface area contributed by atoms with E-state index in [0.29, 0.717) is 16.9 Å². The minimum absolute atomic E-state index is 0.139. The number of hydrogen-bond acceptors (Lipinski definition) is 2. The maximum Gasteiger partial charge on any atom is 0.127 e. The molecule has 5 rings (SSSR count). The minimum Gasteiger partial charge on any atom is -0.361 e. The van der Waals surface area contributed by atoms with Crippen LogP contribution in [-0.4, -0.2) is 15.0 Å². The van der Waals surface area contributed by atoms with Gasteiger partial charge in [-0.05, 0) is 75.4 Å². The van der Waals surface area contributed by atoms with E-state index in [1.54, 1.807) is 6.07 Å². The molecular weight excluding hydrogens is 385 g/mol. The lowest BCUT2D eigenvalue weighted by molar-refractivity contribution is 0.165. The molecule has 0 saturated heterocycles. The summed E-state index contributed by atoms with van der Waals surface area (Å²) in [6.45, 7) is 6.49. The number of benzene rings is 2. The lowest BCUT2D eigenvalue weighted by Gasteiger charge is -2.41. The van der Waals surface area contributed by atoms with Crippen LogP contribution in [0.2, 0.25) is 0 Å². The van der Waals surface area contributed by atoms with E-state index in [-0.39, 0.29) is 17.4 Å². The van der Waals surface area contributed by atoms with E-state index in [2.05, 4.69) is 48.6 Å². The first-order chi connectivity index (χ1) is 14.9. The molecular formula is C27H26FN3. The average molecular weight is 412 g/mol. The first kappa shape index (κ1) is 19.6. The van der Waals surface area contributed by atoms with Gasteiger partial charge in [0.1, 0.15) is 11.9 Å². The predicted octanol–water partition coefficient (Wildman–Crippen LogP) is 6.74. The standard InChI is InChI=1S/C27H26FN3/c1-27(2,3)30-14-8-7-11-24(30)26-22(17-29)21-15-23(28)20(18-12-13-18)16-25(21)31(26)19-9-5-4-6-10-19/h4-11,14-16,18,24H,12-13H2,1-3H3. The van der Waals surface area contributed by atoms with E-state index in [9.17, 15) is 5.26 Å². The van der Waals surface area contributed by atoms with Gasteiger partial charge < -0.3 is 9.47 Å². The highest BCUT2D eigenvalue weighted by atomic mass is 19.1. The second-order valence-corrected chi connectivity index (χ2v) is 9.46. The molecule has 1 unspecified atom stereocenters. The Kier molecular flexibility index (Phi) is 4.51. The van der Waals surface area contributed by atoms with Crippen LogP contribution < -0.4 is 0 Å². The Morgan fingerprint density at radius 3 is 2.45 bits per heavy atom. The highest BCUT2D eigenvalue weighted by molar-refractivity contribution is 5.91. The summed E-state index contributed by atoms with van der Waals surface area (Å²) in [5, 5.41) is 10.9. The van der Waals surface area contributed by atoms with E-state index >= 15 is 4.39 Å². The average Bonchev–Trinajstić information content (AvgIpc) is 3.55. The maximum absolute atomic E-state index is 15.0. The van der Waals surface area contributed by atoms with Crippen LogP contribution in [0.1, 0.15) is 62.4 Å². The lowest BCUT2D eigenvalue weighted by atomic mass is 9.97. The number of allylic oxidation sites excluding steroid dienone is 2. The predicted molar refractivity (Wildman–Crippen MR) is 123 cm³/mol. The van der Waals surface area contributed by atoms with Crippen LogP contribution in [0.3, 0.4) is 0 Å². The first-order valence-electron chi connectivity index (χ1n) is 10.9. The third kappa shape index (κ3) is 3.25. The highest BCUT2D eigenvalue weighted by Crippen LogP contribution is 2.45. The number of nitrogens with zero attached hydrogens (tertiary/aromatic N) is 3. The molecule has 2 aliphatic rings. The summed E-state index contributed by atoms with van der Waals surface area (Å²) in [4.78, 5) is 2.26. The second kappa shape index (κ2) is 7.13. The highest BCUT2D eigenvalue weighted by Gasteiger charge is 2.34. The van der Waals surface area contributed by atoms with Crippen molar-refractivity contribution >= 4 is 10.9 Å². The van der Waals surface area contributed by atoms with E-state index in [1.807, 2.05) is 48.6 Å². The Labute approximate surface area is 182 Å². The third-order valence-corrected chi connectivity index (χ3v) is 6.27. The van der Waals surface area contributed by atoms with Gasteiger partial charge in [-0.1, -0.05) is 30.4 Å². The first-order valence-corrected chi connectivity index (χ1v) is 10.9. The van der Waals surface area contributed by atoms with Crippen LogP contribution in [0.25, 0.3) is 16.6 Å². The van der Waals surface area contributed by atoms with Gasteiger partial charge in [0.05, 0.1) is 22.8 Å². The Morgan fingerprint density at radius 1 is 1.06 bits per heavy atom. The number of aromatic nitrogens is 1. The van der Waals surface area contributed by atoms with Crippen LogP contribution in [0, 0.1) is 17.1 Å². The quantitative estimate of drug-likeness (QED) is 0.478. The van der Waals surface area contributed by atoms with Crippen LogP contribution in [0.15, 0.2) is 66.9 Å². The largest absolute Gasteiger partial charge is 0.361 e. The van der Waals surface area contributed by atoms with Gasteiger partial charge in [-0.2, -0.15) is 5.26 Å². The number of hydrogen-bond donors (Lipinski definition) is 0. The summed E-state index contributed by atoms with van der Waals surface area (Å²) >= 11 is 0. The van der Waals surface area contributed by atoms with E-state index < -0.39 is 0 Å². The molecule has 0 N–H and O–H groups in total. The second-order valence-electron chi connectivity index (χ2n) is 9.46. The summed E-state index contributed by atoms with van der Waals surface area (Å²) in [6, 6.07) is 15.9. The van der Waals surface area contributed by atoms with Crippen LogP contribution in [0.4, 0.5) is 4.39 Å². The molecule has 1 aliphatic heterocycles. The molecule has 0 amide bonds. The lowest BCUT2D eigenvalue weighted by Crippen LogP contribution is -2.41. The zero-order chi connectivity index (χ0) is 21.8. The normalized spacial score (nSPS) is 18.5. The monoisotopic (exact) mass is 411 g/mol. The van der Waals surface area contributed by atoms with Gasteiger partial charge in [0.15, 0.2) is 0 Å². The van der Waals surface area contributed by atoms with Gasteiger partial charge in [0.2, 0.25) is 0 Å². The Hall–Kier alpha value is -3.32. The molecule has 3 aromatic rings. The van der Waals surface area contributed by atoms with Crippen molar-refractivity contribution < 1.29 is 4.39 Å². The number of rotatable bonds is 3. The Morgan fingerprint density at radius 2 is 1.81 bits per heavy atom. The van der Waals surface area contributed by atoms with Crippen molar-refractivity contribution in [1.29, 1.82) is 5.26 Å². The van der Waals surface area contributed by atoms with Crippen LogP contribution in [-0.2, 0) is 0 Å². The van der Waals surface area contributed by atoms with E-state index in [0.717, 1.165) is 35.3 Å². The fourth-order valence-electron chi connectivity index (χ4n) is 4.66. The van der Waals surface area contributed by atoms with E-state index in [1.165, 1.54) is 0 Å². The van der Waals surface area contributed by atoms with Crippen molar-refractivity contribution in [3.63, 3.8) is 0 Å². The SMILES string of the molecule is CC(C)(C)N1C=CC=CC1c1c(C#N)c2cc(F)c(C3CC3)cc2n1-c1ccccc1. The van der Waals surface area contributed by atoms with Gasteiger partial charge >= 0.3 is 0 Å². The number of halogens is 1. The maximum atomic E-state index is 15.0. The Balaban J connectivity index is 1.86. The van der Waals surface area contributed by atoms with Gasteiger partial charge in [0.25, 0.3) is 0 Å². The molecule has 156 valence electrons. The molecule has 2 aromatic carbocycles. The molecule has 1 aliphatic carbocycles. The molecule has 1 fully saturated rings. The van der Waals surface area contributed by atoms with Crippen LogP contribution in [0.5, 0.6) is 0 Å². The fourth-order valence-corrected chi connectivity index (χ4v) is 4.66. The fraction of sp³-hybridized carbons (Fsp3) is 0.296. The molecule has 0 radical (unpaired) electrons. The summed E-state index contributed by atoms with van der Waals surface area (Å²) in [6.07, 6.45) is 10.3. The molecule has 1 saturated carbocycles. The zero-order valence-corrected chi connectivity index (χ0v) is 18.1. The van der Waals surface area contributed by atoms with Gasteiger partial charge in [0, 0.05) is 22.8 Å². The molecule has 3 nitrogen and oxygen atoms in total. The molecule has 2 heterocycles. The van der Waals surface area contributed by atoms with Crippen LogP contribution >= 0.6 is 0 Å². The topological polar surface area (TPSA) is 32.0 Å². The van der Waals surface area contributed by atoms with E-state index in [4.69, 9.17) is 0 Å². The number of para-hydroxylation sites is 1. The molecule has 1 aromatic heterocycles. The summed E-state index contributed by atoms with van der Waals surface area (Å²) < 4.78 is 17.2. The summed E-state index contributed by atoms with van der Waals surface area (Å²) in [5.41, 5.74) is 3.92. The third-order valence-electron chi connectivity index (χ3n) is 6.27. The molecule has 31 heavy (non-hydrogen) atoms. The van der Waals surface area contributed by atoms with Gasteiger partial charge in [-0.3, -0.25) is 0 Å². The number of fused-ring (bicyclic) bond motifs is 1. The van der Waals surface area contributed by atoms with Crippen molar-refractivity contribution in [3.8, 4) is 11.8 Å².